The Balaban J connectivity index is 1.78. The highest BCUT2D eigenvalue weighted by Crippen LogP contribution is 2.41. The number of likely N-dealkylation sites (N-methyl/N-ethyl adjacent to an activating group) is 1. The predicted octanol–water partition coefficient (Wildman–Crippen LogP) is 2.58. The van der Waals surface area contributed by atoms with Gasteiger partial charge in [-0.2, -0.15) is 5.21 Å². The fraction of sp³-hybridized carbons (Fsp3) is 0.875. The standard InChI is InChI=1S/C16H27N5O/c1-21(13-9-5-3-2-4-6-10-13)15(22)16(11-7-8-12-16)14-17-19-20-18-14/h13H,2-12H2,1H3,(H,17,18,19,20). The minimum absolute atomic E-state index is 0.206. The Morgan fingerprint density at radius 2 is 1.73 bits per heavy atom. The molecule has 1 aromatic rings. The number of amides is 1. The van der Waals surface area contributed by atoms with Crippen molar-refractivity contribution >= 4 is 5.91 Å². The molecule has 2 fully saturated rings. The predicted molar refractivity (Wildman–Crippen MR) is 83.2 cm³/mol. The molecule has 0 aliphatic heterocycles. The zero-order chi connectivity index (χ0) is 15.4. The number of H-pyrrole nitrogens is 1. The van der Waals surface area contributed by atoms with Gasteiger partial charge in [0.2, 0.25) is 5.91 Å². The Labute approximate surface area is 132 Å². The number of aromatic nitrogens is 4. The van der Waals surface area contributed by atoms with Crippen LogP contribution in [0.3, 0.4) is 0 Å². The largest absolute Gasteiger partial charge is 0.342 e. The molecule has 22 heavy (non-hydrogen) atoms. The molecule has 0 radical (unpaired) electrons. The second-order valence-corrected chi connectivity index (χ2v) is 6.94. The number of hydrogen-bond donors (Lipinski definition) is 1. The number of nitrogens with zero attached hydrogens (tertiary/aromatic N) is 4. The van der Waals surface area contributed by atoms with Gasteiger partial charge in [0.05, 0.1) is 0 Å². The van der Waals surface area contributed by atoms with Crippen molar-refractivity contribution in [3.63, 3.8) is 0 Å². The molecule has 2 aliphatic rings. The molecular formula is C16H27N5O. The fourth-order valence-electron chi connectivity index (χ4n) is 4.20. The van der Waals surface area contributed by atoms with E-state index < -0.39 is 5.41 Å². The summed E-state index contributed by atoms with van der Waals surface area (Å²) in [6.45, 7) is 0. The van der Waals surface area contributed by atoms with E-state index >= 15 is 0 Å². The molecule has 3 rings (SSSR count). The average molecular weight is 305 g/mol. The lowest BCUT2D eigenvalue weighted by Gasteiger charge is -2.36. The molecule has 6 heteroatoms. The molecular weight excluding hydrogens is 278 g/mol. The molecule has 1 heterocycles. The van der Waals surface area contributed by atoms with Crippen LogP contribution in [0.4, 0.5) is 0 Å². The van der Waals surface area contributed by atoms with Crippen LogP contribution >= 0.6 is 0 Å². The van der Waals surface area contributed by atoms with Gasteiger partial charge in [0.1, 0.15) is 5.41 Å². The lowest BCUT2D eigenvalue weighted by molar-refractivity contribution is -0.138. The van der Waals surface area contributed by atoms with Crippen molar-refractivity contribution in [3.05, 3.63) is 5.82 Å². The number of tetrazole rings is 1. The van der Waals surface area contributed by atoms with Crippen LogP contribution < -0.4 is 0 Å². The molecule has 1 N–H and O–H groups in total. The van der Waals surface area contributed by atoms with Crippen molar-refractivity contribution in [2.75, 3.05) is 7.05 Å². The molecule has 0 atom stereocenters. The van der Waals surface area contributed by atoms with Gasteiger partial charge in [0.25, 0.3) is 0 Å². The van der Waals surface area contributed by atoms with E-state index in [4.69, 9.17) is 0 Å². The van der Waals surface area contributed by atoms with Crippen LogP contribution in [0.2, 0.25) is 0 Å². The van der Waals surface area contributed by atoms with Crippen molar-refractivity contribution in [3.8, 4) is 0 Å². The van der Waals surface area contributed by atoms with Gasteiger partial charge in [0.15, 0.2) is 5.82 Å². The molecule has 0 bridgehead atoms. The Morgan fingerprint density at radius 1 is 1.09 bits per heavy atom. The van der Waals surface area contributed by atoms with E-state index in [1.807, 2.05) is 11.9 Å². The summed E-state index contributed by atoms with van der Waals surface area (Å²) in [5.41, 5.74) is -0.538. The SMILES string of the molecule is CN(C(=O)C1(c2nn[nH]n2)CCCC1)C1CCCCCCC1. The van der Waals surface area contributed by atoms with Crippen LogP contribution in [0.5, 0.6) is 0 Å². The molecule has 6 nitrogen and oxygen atoms in total. The highest BCUT2D eigenvalue weighted by atomic mass is 16.2. The summed E-state index contributed by atoms with van der Waals surface area (Å²) in [4.78, 5) is 15.3. The van der Waals surface area contributed by atoms with E-state index in [2.05, 4.69) is 20.6 Å². The summed E-state index contributed by atoms with van der Waals surface area (Å²) in [5.74, 6) is 0.796. The van der Waals surface area contributed by atoms with Gasteiger partial charge in [-0.1, -0.05) is 50.2 Å². The average Bonchev–Trinajstić information content (AvgIpc) is 3.17. The Bertz CT molecular complexity index is 473. The monoisotopic (exact) mass is 305 g/mol. The van der Waals surface area contributed by atoms with Crippen molar-refractivity contribution in [2.45, 2.75) is 82.1 Å². The zero-order valence-electron chi connectivity index (χ0n) is 13.6. The van der Waals surface area contributed by atoms with Gasteiger partial charge >= 0.3 is 0 Å². The maximum Gasteiger partial charge on any atom is 0.236 e. The first-order valence-electron chi connectivity index (χ1n) is 8.75. The molecule has 0 unspecified atom stereocenters. The maximum atomic E-state index is 13.3. The molecule has 2 aliphatic carbocycles. The van der Waals surface area contributed by atoms with Crippen LogP contribution in [0.1, 0.15) is 76.5 Å². The van der Waals surface area contributed by atoms with Crippen LogP contribution in [0, 0.1) is 0 Å². The Morgan fingerprint density at radius 3 is 2.32 bits per heavy atom. The second kappa shape index (κ2) is 6.75. The number of carbonyl (C=O) groups is 1. The van der Waals surface area contributed by atoms with E-state index in [9.17, 15) is 4.79 Å². The van der Waals surface area contributed by atoms with E-state index in [-0.39, 0.29) is 5.91 Å². The normalized spacial score (nSPS) is 23.0. The van der Waals surface area contributed by atoms with Crippen molar-refractivity contribution in [2.24, 2.45) is 0 Å². The van der Waals surface area contributed by atoms with Crippen LogP contribution in [-0.4, -0.2) is 44.5 Å². The third-order valence-corrected chi connectivity index (χ3v) is 5.58. The lowest BCUT2D eigenvalue weighted by Crippen LogP contribution is -2.48. The minimum Gasteiger partial charge on any atom is -0.342 e. The van der Waals surface area contributed by atoms with Gasteiger partial charge in [0, 0.05) is 13.1 Å². The number of hydrogen-bond acceptors (Lipinski definition) is 4. The van der Waals surface area contributed by atoms with Gasteiger partial charge in [-0.05, 0) is 25.7 Å². The quantitative estimate of drug-likeness (QED) is 0.931. The highest BCUT2D eigenvalue weighted by Gasteiger charge is 2.48. The highest BCUT2D eigenvalue weighted by molar-refractivity contribution is 5.87. The Hall–Kier alpha value is -1.46. The summed E-state index contributed by atoms with van der Waals surface area (Å²) in [7, 11) is 1.98. The third-order valence-electron chi connectivity index (χ3n) is 5.58. The van der Waals surface area contributed by atoms with Gasteiger partial charge in [-0.3, -0.25) is 4.79 Å². The second-order valence-electron chi connectivity index (χ2n) is 6.94. The summed E-state index contributed by atoms with van der Waals surface area (Å²) >= 11 is 0. The molecule has 0 saturated heterocycles. The van der Waals surface area contributed by atoms with Gasteiger partial charge < -0.3 is 4.90 Å². The first kappa shape index (κ1) is 15.4. The Kier molecular flexibility index (Phi) is 4.74. The third kappa shape index (κ3) is 2.88. The molecule has 0 aromatic carbocycles. The summed E-state index contributed by atoms with van der Waals surface area (Å²) in [6.07, 6.45) is 12.5. The topological polar surface area (TPSA) is 74.8 Å². The van der Waals surface area contributed by atoms with E-state index in [0.29, 0.717) is 11.9 Å². The summed E-state index contributed by atoms with van der Waals surface area (Å²) < 4.78 is 0. The number of aromatic amines is 1. The summed E-state index contributed by atoms with van der Waals surface area (Å²) in [5, 5.41) is 14.5. The van der Waals surface area contributed by atoms with Crippen LogP contribution in [0.25, 0.3) is 0 Å². The number of rotatable bonds is 3. The van der Waals surface area contributed by atoms with E-state index in [1.54, 1.807) is 0 Å². The van der Waals surface area contributed by atoms with Crippen LogP contribution in [0.15, 0.2) is 0 Å². The number of carbonyl (C=O) groups excluding carboxylic acids is 1. The number of nitrogens with one attached hydrogen (secondary N) is 1. The van der Waals surface area contributed by atoms with E-state index in [0.717, 1.165) is 38.5 Å². The smallest absolute Gasteiger partial charge is 0.236 e. The minimum atomic E-state index is -0.538. The van der Waals surface area contributed by atoms with Crippen molar-refractivity contribution in [1.82, 2.24) is 25.5 Å². The fourth-order valence-corrected chi connectivity index (χ4v) is 4.20. The molecule has 122 valence electrons. The van der Waals surface area contributed by atoms with Gasteiger partial charge in [-0.15, -0.1) is 10.2 Å². The van der Waals surface area contributed by atoms with E-state index in [1.165, 1.54) is 32.1 Å². The lowest BCUT2D eigenvalue weighted by atomic mass is 9.82. The molecule has 2 saturated carbocycles. The first-order valence-corrected chi connectivity index (χ1v) is 8.75. The van der Waals surface area contributed by atoms with Crippen molar-refractivity contribution in [1.29, 1.82) is 0 Å². The molecule has 0 spiro atoms. The van der Waals surface area contributed by atoms with Crippen LogP contribution in [-0.2, 0) is 10.2 Å². The van der Waals surface area contributed by atoms with Crippen molar-refractivity contribution < 1.29 is 4.79 Å². The first-order chi connectivity index (χ1) is 10.7. The summed E-state index contributed by atoms with van der Waals surface area (Å²) in [6, 6.07) is 0.372. The molecule has 1 aromatic heterocycles. The zero-order valence-corrected chi connectivity index (χ0v) is 13.6. The maximum absolute atomic E-state index is 13.3. The van der Waals surface area contributed by atoms with Gasteiger partial charge in [-0.25, -0.2) is 0 Å². The molecule has 1 amide bonds.